The summed E-state index contributed by atoms with van der Waals surface area (Å²) in [5.74, 6) is 1.10. The van der Waals surface area contributed by atoms with Crippen molar-refractivity contribution in [2.24, 2.45) is 7.05 Å². The van der Waals surface area contributed by atoms with Gasteiger partial charge in [0.1, 0.15) is 5.75 Å². The van der Waals surface area contributed by atoms with Crippen LogP contribution in [0.4, 0.5) is 0 Å². The number of aryl methyl sites for hydroxylation is 1. The van der Waals surface area contributed by atoms with E-state index >= 15 is 0 Å². The van der Waals surface area contributed by atoms with Gasteiger partial charge in [0, 0.05) is 24.0 Å². The molecule has 0 saturated heterocycles. The third-order valence-electron chi connectivity index (χ3n) is 4.17. The number of methoxy groups -OCH3 is 1. The lowest BCUT2D eigenvalue weighted by atomic mass is 10.2. The maximum Gasteiger partial charge on any atom is 0.214 e. The first-order valence-electron chi connectivity index (χ1n) is 7.73. The highest BCUT2D eigenvalue weighted by molar-refractivity contribution is 7.99. The van der Waals surface area contributed by atoms with Gasteiger partial charge in [0.25, 0.3) is 0 Å². The van der Waals surface area contributed by atoms with E-state index in [9.17, 15) is 4.79 Å². The number of nitrogens with zero attached hydrogens (tertiary/aromatic N) is 5. The minimum absolute atomic E-state index is 0.0653. The summed E-state index contributed by atoms with van der Waals surface area (Å²) in [6, 6.07) is 9.33. The Morgan fingerprint density at radius 3 is 2.56 bits per heavy atom. The van der Waals surface area contributed by atoms with Crippen molar-refractivity contribution in [1.82, 2.24) is 24.8 Å². The van der Waals surface area contributed by atoms with E-state index < -0.39 is 0 Å². The summed E-state index contributed by atoms with van der Waals surface area (Å²) in [4.78, 5) is 12.5. The molecule has 0 aliphatic heterocycles. The highest BCUT2D eigenvalue weighted by Crippen LogP contribution is 2.22. The first-order valence-corrected chi connectivity index (χ1v) is 8.71. The molecular weight excluding hydrogens is 338 g/mol. The van der Waals surface area contributed by atoms with Crippen molar-refractivity contribution in [1.29, 1.82) is 0 Å². The summed E-state index contributed by atoms with van der Waals surface area (Å²) in [6.45, 7) is 3.94. The number of benzene rings is 1. The highest BCUT2D eigenvalue weighted by atomic mass is 32.2. The van der Waals surface area contributed by atoms with Crippen molar-refractivity contribution >= 4 is 17.5 Å². The van der Waals surface area contributed by atoms with Crippen molar-refractivity contribution in [3.63, 3.8) is 0 Å². The van der Waals surface area contributed by atoms with E-state index in [0.717, 1.165) is 28.4 Å². The fourth-order valence-corrected chi connectivity index (χ4v) is 3.27. The van der Waals surface area contributed by atoms with Gasteiger partial charge < -0.3 is 9.30 Å². The molecule has 2 aromatic heterocycles. The molecule has 0 atom stereocenters. The molecule has 8 heteroatoms. The molecule has 0 fully saturated rings. The standard InChI is InChI=1S/C17H19N5O2S/c1-11-9-15(12(2)21(11)3)16(23)10-25-17-18-19-20-22(17)13-5-7-14(24-4)8-6-13/h5-9H,10H2,1-4H3. The molecule has 0 unspecified atom stereocenters. The molecule has 3 aromatic rings. The number of tetrazole rings is 1. The predicted octanol–water partition coefficient (Wildman–Crippen LogP) is 2.60. The number of rotatable bonds is 6. The zero-order valence-corrected chi connectivity index (χ0v) is 15.4. The molecule has 25 heavy (non-hydrogen) atoms. The van der Waals surface area contributed by atoms with Gasteiger partial charge in [-0.3, -0.25) is 4.79 Å². The second-order valence-electron chi connectivity index (χ2n) is 5.63. The summed E-state index contributed by atoms with van der Waals surface area (Å²) in [5.41, 5.74) is 3.59. The lowest BCUT2D eigenvalue weighted by molar-refractivity contribution is 0.102. The maximum absolute atomic E-state index is 12.5. The minimum Gasteiger partial charge on any atom is -0.497 e. The van der Waals surface area contributed by atoms with Gasteiger partial charge >= 0.3 is 0 Å². The summed E-state index contributed by atoms with van der Waals surface area (Å²) in [7, 11) is 3.57. The Labute approximate surface area is 150 Å². The van der Waals surface area contributed by atoms with E-state index in [4.69, 9.17) is 4.74 Å². The van der Waals surface area contributed by atoms with Crippen molar-refractivity contribution in [3.05, 3.63) is 47.3 Å². The Bertz CT molecular complexity index is 898. The number of carbonyl (C=O) groups excluding carboxylic acids is 1. The zero-order valence-electron chi connectivity index (χ0n) is 14.6. The van der Waals surface area contributed by atoms with Crippen LogP contribution in [0.5, 0.6) is 5.75 Å². The van der Waals surface area contributed by atoms with Crippen LogP contribution in [-0.4, -0.2) is 43.4 Å². The van der Waals surface area contributed by atoms with Gasteiger partial charge in [0.2, 0.25) is 5.16 Å². The van der Waals surface area contributed by atoms with Crippen LogP contribution in [0.3, 0.4) is 0 Å². The zero-order chi connectivity index (χ0) is 18.0. The average Bonchev–Trinajstić information content (AvgIpc) is 3.20. The number of ketones is 1. The molecule has 0 bridgehead atoms. The van der Waals surface area contributed by atoms with Crippen LogP contribution >= 0.6 is 11.8 Å². The van der Waals surface area contributed by atoms with E-state index in [-0.39, 0.29) is 11.5 Å². The minimum atomic E-state index is 0.0653. The van der Waals surface area contributed by atoms with Crippen molar-refractivity contribution in [2.75, 3.05) is 12.9 Å². The Hall–Kier alpha value is -2.61. The second-order valence-corrected chi connectivity index (χ2v) is 6.57. The van der Waals surface area contributed by atoms with Gasteiger partial charge in [-0.05, 0) is 54.6 Å². The van der Waals surface area contributed by atoms with E-state index in [0.29, 0.717) is 5.16 Å². The molecule has 2 heterocycles. The number of carbonyl (C=O) groups is 1. The topological polar surface area (TPSA) is 74.8 Å². The molecule has 0 saturated carbocycles. The van der Waals surface area contributed by atoms with Gasteiger partial charge in [-0.25, -0.2) is 0 Å². The molecule has 1 aromatic carbocycles. The molecular formula is C17H19N5O2S. The Kier molecular flexibility index (Phi) is 4.89. The molecule has 0 amide bonds. The molecule has 130 valence electrons. The number of aromatic nitrogens is 5. The summed E-state index contributed by atoms with van der Waals surface area (Å²) in [6.07, 6.45) is 0. The fraction of sp³-hybridized carbons (Fsp3) is 0.294. The van der Waals surface area contributed by atoms with Crippen LogP contribution in [0, 0.1) is 13.8 Å². The predicted molar refractivity (Wildman–Crippen MR) is 95.6 cm³/mol. The quantitative estimate of drug-likeness (QED) is 0.499. The largest absolute Gasteiger partial charge is 0.497 e. The SMILES string of the molecule is COc1ccc(-n2nnnc2SCC(=O)c2cc(C)n(C)c2C)cc1. The molecule has 3 rings (SSSR count). The molecule has 0 aliphatic carbocycles. The van der Waals surface area contributed by atoms with E-state index in [1.807, 2.05) is 55.8 Å². The Balaban J connectivity index is 1.75. The van der Waals surface area contributed by atoms with Crippen LogP contribution in [0.15, 0.2) is 35.5 Å². The van der Waals surface area contributed by atoms with Crippen LogP contribution in [0.1, 0.15) is 21.7 Å². The van der Waals surface area contributed by atoms with Gasteiger partial charge in [-0.15, -0.1) is 5.10 Å². The number of hydrogen-bond donors (Lipinski definition) is 0. The molecule has 0 N–H and O–H groups in total. The normalized spacial score (nSPS) is 10.9. The van der Waals surface area contributed by atoms with Gasteiger partial charge in [-0.2, -0.15) is 4.68 Å². The molecule has 7 nitrogen and oxygen atoms in total. The van der Waals surface area contributed by atoms with E-state index in [1.165, 1.54) is 11.8 Å². The fourth-order valence-electron chi connectivity index (χ4n) is 2.50. The number of Topliss-reactive ketones (excluding diaryl/α,β-unsaturated/α-hetero) is 1. The Morgan fingerprint density at radius 2 is 1.96 bits per heavy atom. The summed E-state index contributed by atoms with van der Waals surface area (Å²) < 4.78 is 8.78. The van der Waals surface area contributed by atoms with Crippen molar-refractivity contribution < 1.29 is 9.53 Å². The number of hydrogen-bond acceptors (Lipinski definition) is 6. The van der Waals surface area contributed by atoms with Crippen LogP contribution in [0.25, 0.3) is 5.69 Å². The first kappa shape index (κ1) is 17.2. The monoisotopic (exact) mass is 357 g/mol. The first-order chi connectivity index (χ1) is 12.0. The van der Waals surface area contributed by atoms with Crippen LogP contribution in [-0.2, 0) is 7.05 Å². The van der Waals surface area contributed by atoms with E-state index in [1.54, 1.807) is 11.8 Å². The summed E-state index contributed by atoms with van der Waals surface area (Å²) >= 11 is 1.32. The Morgan fingerprint density at radius 1 is 1.24 bits per heavy atom. The number of thioether (sulfide) groups is 1. The third-order valence-corrected chi connectivity index (χ3v) is 5.09. The third kappa shape index (κ3) is 3.43. The van der Waals surface area contributed by atoms with E-state index in [2.05, 4.69) is 15.5 Å². The average molecular weight is 357 g/mol. The maximum atomic E-state index is 12.5. The lowest BCUT2D eigenvalue weighted by Gasteiger charge is -2.05. The van der Waals surface area contributed by atoms with Gasteiger partial charge in [-0.1, -0.05) is 11.8 Å². The molecule has 0 radical (unpaired) electrons. The van der Waals surface area contributed by atoms with Gasteiger partial charge in [0.05, 0.1) is 18.6 Å². The molecule has 0 aliphatic rings. The lowest BCUT2D eigenvalue weighted by Crippen LogP contribution is -2.06. The molecule has 0 spiro atoms. The van der Waals surface area contributed by atoms with Crippen LogP contribution < -0.4 is 4.74 Å². The van der Waals surface area contributed by atoms with Gasteiger partial charge in [0.15, 0.2) is 5.78 Å². The smallest absolute Gasteiger partial charge is 0.214 e. The van der Waals surface area contributed by atoms with Crippen molar-refractivity contribution in [2.45, 2.75) is 19.0 Å². The van der Waals surface area contributed by atoms with Crippen molar-refractivity contribution in [3.8, 4) is 11.4 Å². The highest BCUT2D eigenvalue weighted by Gasteiger charge is 2.16. The second kappa shape index (κ2) is 7.10. The summed E-state index contributed by atoms with van der Waals surface area (Å²) in [5, 5.41) is 12.3. The van der Waals surface area contributed by atoms with Crippen LogP contribution in [0.2, 0.25) is 0 Å². The number of ether oxygens (including phenoxy) is 1.